The van der Waals surface area contributed by atoms with Crippen LogP contribution in [0, 0.1) is 0 Å². The van der Waals surface area contributed by atoms with Gasteiger partial charge in [0, 0.05) is 17.4 Å². The molecule has 32 heavy (non-hydrogen) atoms. The van der Waals surface area contributed by atoms with E-state index in [1.807, 2.05) is 36.4 Å². The number of hydrogen-bond acceptors (Lipinski definition) is 4. The molecule has 6 nitrogen and oxygen atoms in total. The Kier molecular flexibility index (Phi) is 7.71. The van der Waals surface area contributed by atoms with E-state index in [-0.39, 0.29) is 11.4 Å². The van der Waals surface area contributed by atoms with Gasteiger partial charge in [0.2, 0.25) is 5.88 Å². The van der Waals surface area contributed by atoms with Crippen molar-refractivity contribution in [1.82, 2.24) is 4.98 Å². The van der Waals surface area contributed by atoms with E-state index >= 15 is 0 Å². The van der Waals surface area contributed by atoms with Crippen molar-refractivity contribution < 1.29 is 14.3 Å². The highest BCUT2D eigenvalue weighted by Crippen LogP contribution is 2.35. The van der Waals surface area contributed by atoms with Crippen molar-refractivity contribution >= 4 is 17.4 Å². The van der Waals surface area contributed by atoms with Crippen molar-refractivity contribution in [2.45, 2.75) is 46.0 Å². The molecule has 1 aromatic heterocycles. The summed E-state index contributed by atoms with van der Waals surface area (Å²) in [6.45, 7) is 9.18. The SMILES string of the molecule is CCCCOc1ccc(NC(=O)Nc2cccnc2Oc2ccccc2C(C)(C)C)cc1. The van der Waals surface area contributed by atoms with Crippen LogP contribution in [0.2, 0.25) is 0 Å². The van der Waals surface area contributed by atoms with E-state index in [1.165, 1.54) is 0 Å². The molecule has 2 amide bonds. The lowest BCUT2D eigenvalue weighted by molar-refractivity contribution is 0.262. The molecule has 0 radical (unpaired) electrons. The van der Waals surface area contributed by atoms with Crippen LogP contribution in [0.1, 0.15) is 46.1 Å². The van der Waals surface area contributed by atoms with Crippen LogP contribution in [0.25, 0.3) is 0 Å². The Labute approximate surface area is 190 Å². The number of nitrogens with zero attached hydrogens (tertiary/aromatic N) is 1. The molecule has 3 aromatic rings. The Bertz CT molecular complexity index is 1030. The number of hydrogen-bond donors (Lipinski definition) is 2. The van der Waals surface area contributed by atoms with Gasteiger partial charge >= 0.3 is 6.03 Å². The van der Waals surface area contributed by atoms with Gasteiger partial charge < -0.3 is 20.1 Å². The summed E-state index contributed by atoms with van der Waals surface area (Å²) in [4.78, 5) is 16.9. The molecule has 6 heteroatoms. The molecule has 168 valence electrons. The zero-order chi connectivity index (χ0) is 23.0. The molecule has 2 aromatic carbocycles. The second-order valence-electron chi connectivity index (χ2n) is 8.51. The second kappa shape index (κ2) is 10.7. The van der Waals surface area contributed by atoms with E-state index in [1.54, 1.807) is 30.5 Å². The van der Waals surface area contributed by atoms with Crippen molar-refractivity contribution in [3.63, 3.8) is 0 Å². The minimum Gasteiger partial charge on any atom is -0.494 e. The zero-order valence-corrected chi connectivity index (χ0v) is 19.1. The topological polar surface area (TPSA) is 72.5 Å². The molecular weight excluding hydrogens is 402 g/mol. The molecule has 0 fully saturated rings. The summed E-state index contributed by atoms with van der Waals surface area (Å²) in [6.07, 6.45) is 3.73. The monoisotopic (exact) mass is 433 g/mol. The first kappa shape index (κ1) is 23.1. The molecule has 0 aliphatic carbocycles. The first-order valence-electron chi connectivity index (χ1n) is 10.9. The number of ether oxygens (including phenoxy) is 2. The fraction of sp³-hybridized carbons (Fsp3) is 0.308. The Morgan fingerprint density at radius 3 is 2.44 bits per heavy atom. The molecule has 1 heterocycles. The van der Waals surface area contributed by atoms with E-state index < -0.39 is 0 Å². The van der Waals surface area contributed by atoms with Crippen LogP contribution in [0.15, 0.2) is 66.9 Å². The summed E-state index contributed by atoms with van der Waals surface area (Å²) in [7, 11) is 0. The maximum Gasteiger partial charge on any atom is 0.323 e. The Morgan fingerprint density at radius 2 is 1.72 bits per heavy atom. The molecule has 0 spiro atoms. The standard InChI is InChI=1S/C26H31N3O3/c1-5-6-18-31-20-15-13-19(14-16-20)28-25(30)29-22-11-9-17-27-24(22)32-23-12-8-7-10-21(23)26(2,3)4/h7-17H,5-6,18H2,1-4H3,(H2,28,29,30). The lowest BCUT2D eigenvalue weighted by Crippen LogP contribution is -2.20. The van der Waals surface area contributed by atoms with Crippen molar-refractivity contribution in [3.05, 3.63) is 72.4 Å². The maximum atomic E-state index is 12.6. The predicted molar refractivity (Wildman–Crippen MR) is 129 cm³/mol. The highest BCUT2D eigenvalue weighted by Gasteiger charge is 2.20. The van der Waals surface area contributed by atoms with Gasteiger partial charge in [0.15, 0.2) is 0 Å². The van der Waals surface area contributed by atoms with Crippen molar-refractivity contribution in [2.75, 3.05) is 17.2 Å². The van der Waals surface area contributed by atoms with Gasteiger partial charge in [-0.15, -0.1) is 0 Å². The van der Waals surface area contributed by atoms with Crippen molar-refractivity contribution in [1.29, 1.82) is 0 Å². The molecule has 0 saturated heterocycles. The summed E-state index contributed by atoms with van der Waals surface area (Å²) in [6, 6.07) is 18.3. The third-order valence-electron chi connectivity index (χ3n) is 4.80. The number of amides is 2. The molecule has 0 atom stereocenters. The van der Waals surface area contributed by atoms with Gasteiger partial charge in [-0.3, -0.25) is 0 Å². The summed E-state index contributed by atoms with van der Waals surface area (Å²) in [5.74, 6) is 1.82. The van der Waals surface area contributed by atoms with Gasteiger partial charge in [-0.1, -0.05) is 52.3 Å². The number of benzene rings is 2. The van der Waals surface area contributed by atoms with Crippen LogP contribution >= 0.6 is 0 Å². The minimum atomic E-state index is -0.383. The predicted octanol–water partition coefficient (Wildman–Crippen LogP) is 6.99. The Morgan fingerprint density at radius 1 is 0.969 bits per heavy atom. The number of anilines is 2. The fourth-order valence-corrected chi connectivity index (χ4v) is 3.10. The van der Waals surface area contributed by atoms with Gasteiger partial charge in [-0.2, -0.15) is 0 Å². The number of nitrogens with one attached hydrogen (secondary N) is 2. The number of carbonyl (C=O) groups is 1. The highest BCUT2D eigenvalue weighted by atomic mass is 16.5. The third kappa shape index (κ3) is 6.48. The highest BCUT2D eigenvalue weighted by molar-refractivity contribution is 6.00. The van der Waals surface area contributed by atoms with Gasteiger partial charge in [0.1, 0.15) is 17.2 Å². The number of pyridine rings is 1. The van der Waals surface area contributed by atoms with Gasteiger partial charge in [-0.05, 0) is 54.3 Å². The molecule has 0 aliphatic rings. The molecule has 0 aliphatic heterocycles. The average molecular weight is 434 g/mol. The van der Waals surface area contributed by atoms with Crippen molar-refractivity contribution in [3.8, 4) is 17.4 Å². The van der Waals surface area contributed by atoms with E-state index in [2.05, 4.69) is 43.3 Å². The van der Waals surface area contributed by atoms with Gasteiger partial charge in [0.05, 0.1) is 6.61 Å². The van der Waals surface area contributed by atoms with Gasteiger partial charge in [0.25, 0.3) is 0 Å². The summed E-state index contributed by atoms with van der Waals surface area (Å²) in [5, 5.41) is 5.65. The molecule has 0 bridgehead atoms. The third-order valence-corrected chi connectivity index (χ3v) is 4.80. The maximum absolute atomic E-state index is 12.6. The quantitative estimate of drug-likeness (QED) is 0.375. The molecule has 3 rings (SSSR count). The van der Waals surface area contributed by atoms with Crippen LogP contribution in [-0.4, -0.2) is 17.6 Å². The Balaban J connectivity index is 1.67. The fourth-order valence-electron chi connectivity index (χ4n) is 3.10. The molecule has 2 N–H and O–H groups in total. The summed E-state index contributed by atoms with van der Waals surface area (Å²) >= 11 is 0. The lowest BCUT2D eigenvalue weighted by atomic mass is 9.86. The van der Waals surface area contributed by atoms with Crippen LogP contribution < -0.4 is 20.1 Å². The van der Waals surface area contributed by atoms with Gasteiger partial charge in [-0.25, -0.2) is 9.78 Å². The van der Waals surface area contributed by atoms with Crippen LogP contribution in [0.3, 0.4) is 0 Å². The van der Waals surface area contributed by atoms with Crippen LogP contribution in [0.4, 0.5) is 16.2 Å². The number of unbranched alkanes of at least 4 members (excludes halogenated alkanes) is 1. The lowest BCUT2D eigenvalue weighted by Gasteiger charge is -2.22. The average Bonchev–Trinajstić information content (AvgIpc) is 2.76. The molecule has 0 saturated carbocycles. The number of urea groups is 1. The van der Waals surface area contributed by atoms with Crippen molar-refractivity contribution in [2.24, 2.45) is 0 Å². The number of carbonyl (C=O) groups excluding carboxylic acids is 1. The summed E-state index contributed by atoms with van der Waals surface area (Å²) < 4.78 is 11.8. The first-order valence-corrected chi connectivity index (χ1v) is 10.9. The smallest absolute Gasteiger partial charge is 0.323 e. The number of para-hydroxylation sites is 1. The molecule has 0 unspecified atom stereocenters. The number of rotatable bonds is 8. The normalized spacial score (nSPS) is 11.0. The minimum absolute atomic E-state index is 0.0945. The number of aromatic nitrogens is 1. The van der Waals surface area contributed by atoms with Crippen LogP contribution in [-0.2, 0) is 5.41 Å². The van der Waals surface area contributed by atoms with E-state index in [0.29, 0.717) is 29.6 Å². The van der Waals surface area contributed by atoms with E-state index in [9.17, 15) is 4.79 Å². The second-order valence-corrected chi connectivity index (χ2v) is 8.51. The van der Waals surface area contributed by atoms with E-state index in [4.69, 9.17) is 9.47 Å². The summed E-state index contributed by atoms with van der Waals surface area (Å²) in [5.41, 5.74) is 2.10. The van der Waals surface area contributed by atoms with E-state index in [0.717, 1.165) is 24.2 Å². The largest absolute Gasteiger partial charge is 0.494 e. The first-order chi connectivity index (χ1) is 15.4. The molecular formula is C26H31N3O3. The zero-order valence-electron chi connectivity index (χ0n) is 19.1. The van der Waals surface area contributed by atoms with Crippen LogP contribution in [0.5, 0.6) is 17.4 Å². The Hall–Kier alpha value is -3.54.